The molecule has 0 radical (unpaired) electrons. The van der Waals surface area contributed by atoms with Crippen molar-refractivity contribution in [3.8, 4) is 0 Å². The first-order chi connectivity index (χ1) is 7.39. The molecule has 0 aliphatic heterocycles. The molecule has 0 unspecified atom stereocenters. The molecule has 16 heavy (non-hydrogen) atoms. The van der Waals surface area contributed by atoms with E-state index in [0.717, 1.165) is 30.9 Å². The van der Waals surface area contributed by atoms with Crippen molar-refractivity contribution in [2.75, 3.05) is 6.26 Å². The summed E-state index contributed by atoms with van der Waals surface area (Å²) >= 11 is 5.91. The number of carbonyl (C=O) groups excluding carboxylic acids is 1. The Balaban J connectivity index is 2.49. The molecule has 1 fully saturated rings. The minimum atomic E-state index is -3.30. The number of halogens is 1. The van der Waals surface area contributed by atoms with Gasteiger partial charge < -0.3 is 4.79 Å². The lowest BCUT2D eigenvalue weighted by Crippen LogP contribution is -2.08. The minimum absolute atomic E-state index is 0.111. The third-order valence-corrected chi connectivity index (χ3v) is 4.50. The molecule has 0 bridgehead atoms. The van der Waals surface area contributed by atoms with E-state index in [1.807, 2.05) is 0 Å². The van der Waals surface area contributed by atoms with Crippen LogP contribution in [-0.4, -0.2) is 21.0 Å². The second-order valence-corrected chi connectivity index (χ2v) is 6.58. The molecule has 0 spiro atoms. The Bertz CT molecular complexity index is 544. The summed E-state index contributed by atoms with van der Waals surface area (Å²) in [6, 6.07) is 4.72. The highest BCUT2D eigenvalue weighted by molar-refractivity contribution is 7.90. The van der Waals surface area contributed by atoms with E-state index in [0.29, 0.717) is 0 Å². The largest absolute Gasteiger partial charge is 0.302 e. The van der Waals surface area contributed by atoms with Crippen molar-refractivity contribution in [1.82, 2.24) is 0 Å². The highest BCUT2D eigenvalue weighted by atomic mass is 35.5. The van der Waals surface area contributed by atoms with E-state index in [9.17, 15) is 13.2 Å². The maximum Gasteiger partial charge on any atom is 0.176 e. The van der Waals surface area contributed by atoms with Gasteiger partial charge in [-0.1, -0.05) is 17.7 Å². The second kappa shape index (κ2) is 3.57. The predicted octanol–water partition coefficient (Wildman–Crippen LogP) is 1.97. The van der Waals surface area contributed by atoms with Crippen molar-refractivity contribution in [3.05, 3.63) is 28.8 Å². The Morgan fingerprint density at radius 2 is 2.00 bits per heavy atom. The molecule has 0 amide bonds. The van der Waals surface area contributed by atoms with Gasteiger partial charge in [0.15, 0.2) is 9.84 Å². The van der Waals surface area contributed by atoms with Crippen LogP contribution >= 0.6 is 11.6 Å². The Kier molecular flexibility index (Phi) is 2.59. The minimum Gasteiger partial charge on any atom is -0.302 e. The number of sulfone groups is 1. The topological polar surface area (TPSA) is 51.2 Å². The van der Waals surface area contributed by atoms with Gasteiger partial charge in [-0.15, -0.1) is 0 Å². The smallest absolute Gasteiger partial charge is 0.176 e. The van der Waals surface area contributed by atoms with Crippen LogP contribution in [0, 0.1) is 0 Å². The van der Waals surface area contributed by atoms with Gasteiger partial charge in [0.05, 0.1) is 15.3 Å². The van der Waals surface area contributed by atoms with Gasteiger partial charge in [0, 0.05) is 6.26 Å². The zero-order valence-electron chi connectivity index (χ0n) is 8.73. The molecule has 86 valence electrons. The normalized spacial score (nSPS) is 18.1. The van der Waals surface area contributed by atoms with E-state index in [4.69, 9.17) is 11.6 Å². The maximum absolute atomic E-state index is 11.3. The molecular formula is C11H11ClO3S. The monoisotopic (exact) mass is 258 g/mol. The van der Waals surface area contributed by atoms with E-state index in [1.54, 1.807) is 12.1 Å². The first-order valence-electron chi connectivity index (χ1n) is 4.85. The average Bonchev–Trinajstić information content (AvgIpc) is 2.96. The van der Waals surface area contributed by atoms with Gasteiger partial charge in [0.25, 0.3) is 0 Å². The van der Waals surface area contributed by atoms with Gasteiger partial charge in [-0.05, 0) is 30.5 Å². The van der Waals surface area contributed by atoms with Crippen LogP contribution in [0.2, 0.25) is 5.02 Å². The van der Waals surface area contributed by atoms with E-state index in [1.165, 1.54) is 6.07 Å². The van der Waals surface area contributed by atoms with Crippen LogP contribution in [0.4, 0.5) is 0 Å². The summed E-state index contributed by atoms with van der Waals surface area (Å²) in [7, 11) is -3.30. The molecular weight excluding hydrogens is 248 g/mol. The third kappa shape index (κ3) is 1.87. The summed E-state index contributed by atoms with van der Waals surface area (Å²) in [5.74, 6) is 0. The van der Waals surface area contributed by atoms with E-state index in [2.05, 4.69) is 0 Å². The van der Waals surface area contributed by atoms with Crippen LogP contribution < -0.4 is 0 Å². The van der Waals surface area contributed by atoms with E-state index >= 15 is 0 Å². The number of hydrogen-bond donors (Lipinski definition) is 0. The molecule has 0 saturated heterocycles. The molecule has 3 nitrogen and oxygen atoms in total. The molecule has 5 heteroatoms. The first-order valence-corrected chi connectivity index (χ1v) is 7.12. The molecule has 1 aromatic rings. The van der Waals surface area contributed by atoms with Crippen LogP contribution in [0.5, 0.6) is 0 Å². The Morgan fingerprint density at radius 3 is 2.38 bits per heavy atom. The van der Waals surface area contributed by atoms with Crippen molar-refractivity contribution >= 4 is 27.7 Å². The highest BCUT2D eigenvalue weighted by Gasteiger charge is 2.44. The fourth-order valence-electron chi connectivity index (χ4n) is 1.72. The molecule has 0 aromatic heterocycles. The Labute approximate surface area is 99.3 Å². The predicted molar refractivity (Wildman–Crippen MR) is 61.5 cm³/mol. The molecule has 2 rings (SSSR count). The van der Waals surface area contributed by atoms with Crippen LogP contribution in [0.1, 0.15) is 18.4 Å². The quantitative estimate of drug-likeness (QED) is 0.779. The highest BCUT2D eigenvalue weighted by Crippen LogP contribution is 2.47. The number of benzene rings is 1. The van der Waals surface area contributed by atoms with Gasteiger partial charge in [0.2, 0.25) is 0 Å². The number of rotatable bonds is 3. The summed E-state index contributed by atoms with van der Waals surface area (Å²) in [5, 5.41) is 0.188. The number of carbonyl (C=O) groups is 1. The van der Waals surface area contributed by atoms with Crippen molar-refractivity contribution in [1.29, 1.82) is 0 Å². The fourth-order valence-corrected chi connectivity index (χ4v) is 3.05. The molecule has 0 heterocycles. The van der Waals surface area contributed by atoms with E-state index in [-0.39, 0.29) is 9.92 Å². The van der Waals surface area contributed by atoms with Gasteiger partial charge in [0.1, 0.15) is 6.29 Å². The lowest BCUT2D eigenvalue weighted by atomic mass is 9.98. The molecule has 1 saturated carbocycles. The summed E-state index contributed by atoms with van der Waals surface area (Å²) in [5.41, 5.74) is 0.388. The van der Waals surface area contributed by atoms with Crippen molar-refractivity contribution in [2.45, 2.75) is 23.2 Å². The lowest BCUT2D eigenvalue weighted by molar-refractivity contribution is -0.109. The van der Waals surface area contributed by atoms with Crippen LogP contribution in [0.3, 0.4) is 0 Å². The van der Waals surface area contributed by atoms with Crippen molar-refractivity contribution < 1.29 is 13.2 Å². The van der Waals surface area contributed by atoms with Crippen molar-refractivity contribution in [2.24, 2.45) is 0 Å². The maximum atomic E-state index is 11.3. The number of aldehydes is 1. The van der Waals surface area contributed by atoms with Crippen molar-refractivity contribution in [3.63, 3.8) is 0 Å². The molecule has 1 aliphatic carbocycles. The van der Waals surface area contributed by atoms with Gasteiger partial charge in [-0.3, -0.25) is 0 Å². The summed E-state index contributed by atoms with van der Waals surface area (Å²) in [6.07, 6.45) is 3.65. The molecule has 0 N–H and O–H groups in total. The number of hydrogen-bond acceptors (Lipinski definition) is 3. The third-order valence-electron chi connectivity index (χ3n) is 2.92. The summed E-state index contributed by atoms with van der Waals surface area (Å²) < 4.78 is 22.7. The van der Waals surface area contributed by atoms with Gasteiger partial charge in [-0.25, -0.2) is 8.42 Å². The van der Waals surface area contributed by atoms with E-state index < -0.39 is 15.3 Å². The summed E-state index contributed by atoms with van der Waals surface area (Å²) in [4.78, 5) is 11.0. The standard InChI is InChI=1S/C11H11ClO3S/c1-16(14,15)10-3-2-8(6-9(10)12)11(7-13)4-5-11/h2-3,6-7H,4-5H2,1H3. The Hall–Kier alpha value is -0.870. The van der Waals surface area contributed by atoms with Crippen LogP contribution in [-0.2, 0) is 20.0 Å². The van der Waals surface area contributed by atoms with Gasteiger partial charge >= 0.3 is 0 Å². The summed E-state index contributed by atoms with van der Waals surface area (Å²) in [6.45, 7) is 0. The SMILES string of the molecule is CS(=O)(=O)c1ccc(C2(C=O)CC2)cc1Cl. The fraction of sp³-hybridized carbons (Fsp3) is 0.364. The first kappa shape index (κ1) is 11.6. The lowest BCUT2D eigenvalue weighted by Gasteiger charge is -2.09. The van der Waals surface area contributed by atoms with Crippen LogP contribution in [0.15, 0.2) is 23.1 Å². The molecule has 0 atom stereocenters. The van der Waals surface area contributed by atoms with Crippen LogP contribution in [0.25, 0.3) is 0 Å². The second-order valence-electron chi connectivity index (χ2n) is 4.19. The Morgan fingerprint density at radius 1 is 1.38 bits per heavy atom. The zero-order valence-corrected chi connectivity index (χ0v) is 10.3. The van der Waals surface area contributed by atoms with Gasteiger partial charge in [-0.2, -0.15) is 0 Å². The molecule has 1 aromatic carbocycles. The average molecular weight is 259 g/mol. The zero-order chi connectivity index (χ0) is 12.0. The molecule has 1 aliphatic rings.